The number of hydrogen-bond acceptors (Lipinski definition) is 4. The standard InChI is InChI=1S/C31H60O4/c1-3-5-7-9-11-12-13-14-15-16-18-20-25-29-35-31(33)27-23-21-22-26-30(32)34-28-24-19-17-10-8-6-4-2/h3-29H2,1-2H3. The van der Waals surface area contributed by atoms with E-state index >= 15 is 0 Å². The lowest BCUT2D eigenvalue weighted by atomic mass is 10.0. The molecule has 4 nitrogen and oxygen atoms in total. The van der Waals surface area contributed by atoms with Crippen molar-refractivity contribution in [2.45, 2.75) is 174 Å². The zero-order chi connectivity index (χ0) is 25.7. The number of carbonyl (C=O) groups excluding carboxylic acids is 2. The van der Waals surface area contributed by atoms with Crippen LogP contribution >= 0.6 is 0 Å². The van der Waals surface area contributed by atoms with Crippen molar-refractivity contribution >= 4 is 11.9 Å². The Hall–Kier alpha value is -1.06. The molecule has 0 radical (unpaired) electrons. The van der Waals surface area contributed by atoms with Crippen LogP contribution in [0.25, 0.3) is 0 Å². The van der Waals surface area contributed by atoms with Crippen LogP contribution in [-0.4, -0.2) is 25.2 Å². The summed E-state index contributed by atoms with van der Waals surface area (Å²) in [4.78, 5) is 23.6. The van der Waals surface area contributed by atoms with E-state index in [0.29, 0.717) is 26.1 Å². The van der Waals surface area contributed by atoms with E-state index in [1.165, 1.54) is 103 Å². The monoisotopic (exact) mass is 496 g/mol. The highest BCUT2D eigenvalue weighted by atomic mass is 16.5. The van der Waals surface area contributed by atoms with E-state index in [1.807, 2.05) is 0 Å². The second kappa shape index (κ2) is 29.2. The molecule has 0 saturated heterocycles. The van der Waals surface area contributed by atoms with E-state index in [-0.39, 0.29) is 11.9 Å². The zero-order valence-electron chi connectivity index (χ0n) is 23.7. The van der Waals surface area contributed by atoms with Crippen LogP contribution in [0.2, 0.25) is 0 Å². The first-order valence-corrected chi connectivity index (χ1v) is 15.5. The van der Waals surface area contributed by atoms with Gasteiger partial charge in [0.15, 0.2) is 0 Å². The molecule has 0 fully saturated rings. The molecule has 0 aromatic rings. The van der Waals surface area contributed by atoms with Gasteiger partial charge in [0, 0.05) is 12.8 Å². The van der Waals surface area contributed by atoms with Gasteiger partial charge >= 0.3 is 11.9 Å². The van der Waals surface area contributed by atoms with Gasteiger partial charge in [-0.2, -0.15) is 0 Å². The van der Waals surface area contributed by atoms with E-state index in [0.717, 1.165) is 44.9 Å². The highest BCUT2D eigenvalue weighted by molar-refractivity contribution is 5.69. The van der Waals surface area contributed by atoms with E-state index in [1.54, 1.807) is 0 Å². The third-order valence-electron chi connectivity index (χ3n) is 6.78. The quantitative estimate of drug-likeness (QED) is 0.0798. The minimum Gasteiger partial charge on any atom is -0.466 e. The van der Waals surface area contributed by atoms with Crippen molar-refractivity contribution in [3.8, 4) is 0 Å². The molecular formula is C31H60O4. The molecule has 0 aliphatic rings. The Kier molecular flexibility index (Phi) is 28.3. The van der Waals surface area contributed by atoms with Gasteiger partial charge in [-0.3, -0.25) is 9.59 Å². The van der Waals surface area contributed by atoms with E-state index in [4.69, 9.17) is 9.47 Å². The molecule has 4 heteroatoms. The topological polar surface area (TPSA) is 52.6 Å². The first-order valence-electron chi connectivity index (χ1n) is 15.5. The minimum absolute atomic E-state index is 0.0922. The number of unbranched alkanes of at least 4 members (excludes halogenated alkanes) is 20. The normalized spacial score (nSPS) is 11.0. The largest absolute Gasteiger partial charge is 0.466 e. The number of esters is 2. The van der Waals surface area contributed by atoms with Gasteiger partial charge < -0.3 is 9.47 Å². The zero-order valence-corrected chi connectivity index (χ0v) is 23.7. The van der Waals surface area contributed by atoms with Gasteiger partial charge in [-0.25, -0.2) is 0 Å². The Balaban J connectivity index is 3.26. The minimum atomic E-state index is -0.0963. The van der Waals surface area contributed by atoms with Crippen LogP contribution in [0.3, 0.4) is 0 Å². The molecule has 0 aliphatic carbocycles. The highest BCUT2D eigenvalue weighted by Crippen LogP contribution is 2.13. The SMILES string of the molecule is CCCCCCCCCCCCCCCOC(=O)CCCCCC(=O)OCCCCCCCCC. The molecule has 0 bridgehead atoms. The smallest absolute Gasteiger partial charge is 0.305 e. The van der Waals surface area contributed by atoms with Crippen LogP contribution in [0.4, 0.5) is 0 Å². The Morgan fingerprint density at radius 3 is 0.943 bits per heavy atom. The second-order valence-corrected chi connectivity index (χ2v) is 10.4. The number of hydrogen-bond donors (Lipinski definition) is 0. The molecule has 0 aromatic carbocycles. The third kappa shape index (κ3) is 29.1. The predicted molar refractivity (Wildman–Crippen MR) is 149 cm³/mol. The summed E-state index contributed by atoms with van der Waals surface area (Å²) in [6, 6.07) is 0. The van der Waals surface area contributed by atoms with E-state index in [2.05, 4.69) is 13.8 Å². The van der Waals surface area contributed by atoms with Crippen molar-refractivity contribution in [3.05, 3.63) is 0 Å². The summed E-state index contributed by atoms with van der Waals surface area (Å²) in [5.41, 5.74) is 0. The third-order valence-corrected chi connectivity index (χ3v) is 6.78. The fourth-order valence-electron chi connectivity index (χ4n) is 4.41. The first-order chi connectivity index (χ1) is 17.2. The van der Waals surface area contributed by atoms with Crippen molar-refractivity contribution in [1.82, 2.24) is 0 Å². The molecule has 0 aromatic heterocycles. The second-order valence-electron chi connectivity index (χ2n) is 10.4. The van der Waals surface area contributed by atoms with Crippen molar-refractivity contribution in [2.24, 2.45) is 0 Å². The summed E-state index contributed by atoms with van der Waals surface area (Å²) in [7, 11) is 0. The molecule has 35 heavy (non-hydrogen) atoms. The predicted octanol–water partition coefficient (Wildman–Crippen LogP) is 9.87. The van der Waals surface area contributed by atoms with E-state index < -0.39 is 0 Å². The summed E-state index contributed by atoms with van der Waals surface area (Å²) in [6.45, 7) is 5.61. The van der Waals surface area contributed by atoms with Crippen LogP contribution in [0.1, 0.15) is 174 Å². The summed E-state index contributed by atoms with van der Waals surface area (Å²) in [5, 5.41) is 0. The van der Waals surface area contributed by atoms with Crippen LogP contribution in [0, 0.1) is 0 Å². The average Bonchev–Trinajstić information content (AvgIpc) is 2.85. The average molecular weight is 497 g/mol. The van der Waals surface area contributed by atoms with Gasteiger partial charge in [0.05, 0.1) is 13.2 Å². The van der Waals surface area contributed by atoms with Gasteiger partial charge in [0.25, 0.3) is 0 Å². The Morgan fingerprint density at radius 1 is 0.371 bits per heavy atom. The number of rotatable bonds is 28. The number of ether oxygens (including phenoxy) is 2. The van der Waals surface area contributed by atoms with Crippen molar-refractivity contribution in [3.63, 3.8) is 0 Å². The van der Waals surface area contributed by atoms with Crippen LogP contribution in [-0.2, 0) is 19.1 Å². The first kappa shape index (κ1) is 33.9. The van der Waals surface area contributed by atoms with Crippen LogP contribution in [0.5, 0.6) is 0 Å². The molecule has 0 atom stereocenters. The molecule has 0 unspecified atom stereocenters. The Bertz CT molecular complexity index is 449. The van der Waals surface area contributed by atoms with Gasteiger partial charge in [0.2, 0.25) is 0 Å². The lowest BCUT2D eigenvalue weighted by Crippen LogP contribution is -2.07. The summed E-state index contributed by atoms with van der Waals surface area (Å²) >= 11 is 0. The molecule has 208 valence electrons. The number of carbonyl (C=O) groups is 2. The van der Waals surface area contributed by atoms with Gasteiger partial charge in [-0.1, -0.05) is 136 Å². The molecule has 0 rings (SSSR count). The Morgan fingerprint density at radius 2 is 0.629 bits per heavy atom. The van der Waals surface area contributed by atoms with Gasteiger partial charge in [-0.15, -0.1) is 0 Å². The molecule has 0 N–H and O–H groups in total. The lowest BCUT2D eigenvalue weighted by Gasteiger charge is -2.06. The molecule has 0 heterocycles. The van der Waals surface area contributed by atoms with Crippen molar-refractivity contribution < 1.29 is 19.1 Å². The fraction of sp³-hybridized carbons (Fsp3) is 0.935. The summed E-state index contributed by atoms with van der Waals surface area (Å²) < 4.78 is 10.6. The van der Waals surface area contributed by atoms with Crippen molar-refractivity contribution in [1.29, 1.82) is 0 Å². The highest BCUT2D eigenvalue weighted by Gasteiger charge is 2.05. The molecular weight excluding hydrogens is 436 g/mol. The molecule has 0 spiro atoms. The maximum Gasteiger partial charge on any atom is 0.305 e. The van der Waals surface area contributed by atoms with Gasteiger partial charge in [-0.05, 0) is 25.7 Å². The van der Waals surface area contributed by atoms with Crippen LogP contribution in [0.15, 0.2) is 0 Å². The summed E-state index contributed by atoms with van der Waals surface area (Å²) in [5.74, 6) is -0.189. The summed E-state index contributed by atoms with van der Waals surface area (Å²) in [6.07, 6.45) is 29.2. The molecule has 0 aliphatic heterocycles. The van der Waals surface area contributed by atoms with Crippen LogP contribution < -0.4 is 0 Å². The molecule has 0 amide bonds. The Labute approximate surface area is 218 Å². The maximum absolute atomic E-state index is 11.8. The lowest BCUT2D eigenvalue weighted by molar-refractivity contribution is -0.144. The molecule has 0 saturated carbocycles. The fourth-order valence-corrected chi connectivity index (χ4v) is 4.41. The van der Waals surface area contributed by atoms with Gasteiger partial charge in [0.1, 0.15) is 0 Å². The maximum atomic E-state index is 11.8. The van der Waals surface area contributed by atoms with E-state index in [9.17, 15) is 9.59 Å². The van der Waals surface area contributed by atoms with Crippen molar-refractivity contribution in [2.75, 3.05) is 13.2 Å².